The minimum absolute atomic E-state index is 0.0722. The molecule has 1 saturated heterocycles. The zero-order valence-corrected chi connectivity index (χ0v) is 14.0. The van der Waals surface area contributed by atoms with E-state index in [2.05, 4.69) is 15.3 Å². The van der Waals surface area contributed by atoms with Crippen molar-refractivity contribution >= 4 is 17.6 Å². The summed E-state index contributed by atoms with van der Waals surface area (Å²) in [5, 5.41) is 3.15. The molecule has 1 fully saturated rings. The van der Waals surface area contributed by atoms with Crippen molar-refractivity contribution < 1.29 is 14.3 Å². The fourth-order valence-corrected chi connectivity index (χ4v) is 2.97. The summed E-state index contributed by atoms with van der Waals surface area (Å²) < 4.78 is 4.89. The number of ether oxygens (including phenoxy) is 1. The van der Waals surface area contributed by atoms with E-state index >= 15 is 0 Å². The van der Waals surface area contributed by atoms with E-state index < -0.39 is 18.1 Å². The van der Waals surface area contributed by atoms with E-state index in [0.29, 0.717) is 18.5 Å². The number of nitrogens with one attached hydrogen (secondary N) is 1. The molecule has 0 bridgehead atoms. The first-order chi connectivity index (χ1) is 12.2. The second kappa shape index (κ2) is 7.85. The van der Waals surface area contributed by atoms with Crippen LogP contribution in [-0.4, -0.2) is 41.5 Å². The van der Waals surface area contributed by atoms with E-state index in [1.54, 1.807) is 47.9 Å². The lowest BCUT2D eigenvalue weighted by atomic mass is 10.0. The maximum Gasteiger partial charge on any atom is 0.327 e. The van der Waals surface area contributed by atoms with Gasteiger partial charge in [0.1, 0.15) is 6.04 Å². The van der Waals surface area contributed by atoms with Crippen molar-refractivity contribution in [2.24, 2.45) is 0 Å². The topological polar surface area (TPSA) is 84.4 Å². The van der Waals surface area contributed by atoms with Gasteiger partial charge < -0.3 is 9.64 Å². The van der Waals surface area contributed by atoms with Crippen molar-refractivity contribution in [1.29, 1.82) is 0 Å². The molecule has 0 unspecified atom stereocenters. The molecule has 25 heavy (non-hydrogen) atoms. The molecule has 0 aliphatic carbocycles. The Bertz CT molecular complexity index is 724. The highest BCUT2D eigenvalue weighted by Crippen LogP contribution is 2.23. The van der Waals surface area contributed by atoms with Crippen LogP contribution in [0.15, 0.2) is 49.1 Å². The molecule has 1 N–H and O–H groups in total. The Morgan fingerprint density at radius 3 is 2.68 bits per heavy atom. The van der Waals surface area contributed by atoms with Gasteiger partial charge in [0.15, 0.2) is 0 Å². The average Bonchev–Trinajstić information content (AvgIpc) is 2.68. The molecule has 0 aromatic carbocycles. The molecule has 1 aliphatic heterocycles. The van der Waals surface area contributed by atoms with Gasteiger partial charge in [-0.3, -0.25) is 20.1 Å². The van der Waals surface area contributed by atoms with Crippen molar-refractivity contribution in [3.8, 4) is 0 Å². The summed E-state index contributed by atoms with van der Waals surface area (Å²) in [6, 6.07) is 5.98. The molecule has 7 nitrogen and oxygen atoms in total. The van der Waals surface area contributed by atoms with Gasteiger partial charge in [-0.15, -0.1) is 0 Å². The molecule has 1 amide bonds. The van der Waals surface area contributed by atoms with Crippen LogP contribution in [-0.2, 0) is 14.3 Å². The molecule has 2 aromatic rings. The van der Waals surface area contributed by atoms with Crippen LogP contribution in [0.2, 0.25) is 0 Å². The van der Waals surface area contributed by atoms with E-state index in [9.17, 15) is 9.59 Å². The minimum Gasteiger partial charge on any atom is -0.468 e. The Morgan fingerprint density at radius 2 is 2.04 bits per heavy atom. The van der Waals surface area contributed by atoms with Crippen LogP contribution in [0.3, 0.4) is 0 Å². The molecular formula is C18H20N4O3. The molecule has 2 aromatic heterocycles. The summed E-state index contributed by atoms with van der Waals surface area (Å²) in [6.07, 6.45) is 8.06. The normalized spacial score (nSPS) is 18.7. The summed E-state index contributed by atoms with van der Waals surface area (Å²) in [5.41, 5.74) is 1.43. The van der Waals surface area contributed by atoms with Crippen LogP contribution >= 0.6 is 0 Å². The van der Waals surface area contributed by atoms with Crippen molar-refractivity contribution in [2.75, 3.05) is 18.6 Å². The van der Waals surface area contributed by atoms with Gasteiger partial charge in [0.05, 0.1) is 25.0 Å². The van der Waals surface area contributed by atoms with Crippen LogP contribution in [0.4, 0.5) is 5.69 Å². The number of methoxy groups -OCH3 is 1. The summed E-state index contributed by atoms with van der Waals surface area (Å²) in [4.78, 5) is 34.9. The van der Waals surface area contributed by atoms with Crippen molar-refractivity contribution in [1.82, 2.24) is 15.3 Å². The highest BCUT2D eigenvalue weighted by molar-refractivity contribution is 5.98. The summed E-state index contributed by atoms with van der Waals surface area (Å²) >= 11 is 0. The molecule has 3 rings (SSSR count). The van der Waals surface area contributed by atoms with Crippen LogP contribution in [0.1, 0.15) is 24.4 Å². The standard InChI is InChI=1S/C18H20N4O3/c1-25-18(24)16(13-5-2-8-19-11-13)21-15-7-4-10-22(17(15)23)14-6-3-9-20-12-14/h2-3,5-6,8-9,11-12,15-16,21H,4,7,10H2,1H3/t15-,16-/m1/s1. The lowest BCUT2D eigenvalue weighted by molar-refractivity contribution is -0.143. The Labute approximate surface area is 146 Å². The second-order valence-electron chi connectivity index (χ2n) is 5.81. The molecular weight excluding hydrogens is 320 g/mol. The third-order valence-electron chi connectivity index (χ3n) is 4.22. The second-order valence-corrected chi connectivity index (χ2v) is 5.81. The molecule has 1 aliphatic rings. The number of carbonyl (C=O) groups is 2. The highest BCUT2D eigenvalue weighted by Gasteiger charge is 2.34. The third kappa shape index (κ3) is 3.83. The van der Waals surface area contributed by atoms with Gasteiger partial charge in [0, 0.05) is 25.1 Å². The predicted molar refractivity (Wildman–Crippen MR) is 91.7 cm³/mol. The zero-order chi connectivity index (χ0) is 17.6. The summed E-state index contributed by atoms with van der Waals surface area (Å²) in [5.74, 6) is -0.517. The first-order valence-electron chi connectivity index (χ1n) is 8.16. The first kappa shape index (κ1) is 17.0. The van der Waals surface area contributed by atoms with Gasteiger partial charge >= 0.3 is 5.97 Å². The van der Waals surface area contributed by atoms with E-state index in [0.717, 1.165) is 12.1 Å². The van der Waals surface area contributed by atoms with E-state index in [1.807, 2.05) is 6.07 Å². The molecule has 3 heterocycles. The van der Waals surface area contributed by atoms with Crippen LogP contribution < -0.4 is 10.2 Å². The van der Waals surface area contributed by atoms with E-state index in [1.165, 1.54) is 7.11 Å². The number of hydrogen-bond acceptors (Lipinski definition) is 6. The number of aromatic nitrogens is 2. The van der Waals surface area contributed by atoms with Crippen molar-refractivity contribution in [3.63, 3.8) is 0 Å². The van der Waals surface area contributed by atoms with Crippen LogP contribution in [0.5, 0.6) is 0 Å². The van der Waals surface area contributed by atoms with Gasteiger partial charge in [0.25, 0.3) is 0 Å². The Hall–Kier alpha value is -2.80. The zero-order valence-electron chi connectivity index (χ0n) is 14.0. The quantitative estimate of drug-likeness (QED) is 0.830. The maximum atomic E-state index is 12.9. The predicted octanol–water partition coefficient (Wildman–Crippen LogP) is 1.48. The van der Waals surface area contributed by atoms with Crippen LogP contribution in [0.25, 0.3) is 0 Å². The molecule has 7 heteroatoms. The number of pyridine rings is 2. The maximum absolute atomic E-state index is 12.9. The number of esters is 1. The first-order valence-corrected chi connectivity index (χ1v) is 8.16. The number of amides is 1. The largest absolute Gasteiger partial charge is 0.468 e. The van der Waals surface area contributed by atoms with Gasteiger partial charge in [-0.25, -0.2) is 4.79 Å². The minimum atomic E-state index is -0.735. The number of piperidine rings is 1. The van der Waals surface area contributed by atoms with E-state index in [-0.39, 0.29) is 5.91 Å². The SMILES string of the molecule is COC(=O)[C@H](N[C@@H]1CCCN(c2cccnc2)C1=O)c1cccnc1. The van der Waals surface area contributed by atoms with Crippen LogP contribution in [0, 0.1) is 0 Å². The monoisotopic (exact) mass is 340 g/mol. The fraction of sp³-hybridized carbons (Fsp3) is 0.333. The number of rotatable bonds is 5. The van der Waals surface area contributed by atoms with Gasteiger partial charge in [-0.05, 0) is 36.6 Å². The Kier molecular flexibility index (Phi) is 5.35. The smallest absolute Gasteiger partial charge is 0.327 e. The lowest BCUT2D eigenvalue weighted by Crippen LogP contribution is -2.52. The number of carbonyl (C=O) groups excluding carboxylic acids is 2. The Morgan fingerprint density at radius 1 is 1.28 bits per heavy atom. The number of nitrogens with zero attached hydrogens (tertiary/aromatic N) is 3. The molecule has 0 saturated carbocycles. The summed E-state index contributed by atoms with van der Waals surface area (Å²) in [7, 11) is 1.33. The third-order valence-corrected chi connectivity index (χ3v) is 4.22. The van der Waals surface area contributed by atoms with Gasteiger partial charge in [-0.2, -0.15) is 0 Å². The summed E-state index contributed by atoms with van der Waals surface area (Å²) in [6.45, 7) is 0.637. The average molecular weight is 340 g/mol. The molecule has 2 atom stereocenters. The molecule has 130 valence electrons. The molecule has 0 spiro atoms. The fourth-order valence-electron chi connectivity index (χ4n) is 2.97. The van der Waals surface area contributed by atoms with Crippen molar-refractivity contribution in [3.05, 3.63) is 54.6 Å². The van der Waals surface area contributed by atoms with Gasteiger partial charge in [0.2, 0.25) is 5.91 Å². The highest BCUT2D eigenvalue weighted by atomic mass is 16.5. The van der Waals surface area contributed by atoms with E-state index in [4.69, 9.17) is 4.74 Å². The number of hydrogen-bond donors (Lipinski definition) is 1. The lowest BCUT2D eigenvalue weighted by Gasteiger charge is -2.34. The van der Waals surface area contributed by atoms with Crippen molar-refractivity contribution in [2.45, 2.75) is 24.9 Å². The molecule has 0 radical (unpaired) electrons. The van der Waals surface area contributed by atoms with Gasteiger partial charge in [-0.1, -0.05) is 6.07 Å². The number of anilines is 1. The Balaban J connectivity index is 1.80.